The van der Waals surface area contributed by atoms with E-state index in [1.807, 2.05) is 35.0 Å². The topological polar surface area (TPSA) is 72.7 Å². The number of nitrogens with zero attached hydrogens (tertiary/aromatic N) is 4. The first-order chi connectivity index (χ1) is 12.9. The number of aromatic nitrogens is 4. The summed E-state index contributed by atoms with van der Waals surface area (Å²) < 4.78 is 1.90. The average Bonchev–Trinajstić information content (AvgIpc) is 3.24. The smallest absolute Gasteiger partial charge is 0.276 e. The summed E-state index contributed by atoms with van der Waals surface area (Å²) in [5.41, 5.74) is 4.10. The molecule has 6 heteroatoms. The Labute approximate surface area is 158 Å². The fourth-order valence-electron chi connectivity index (χ4n) is 3.37. The van der Waals surface area contributed by atoms with Crippen LogP contribution in [0.3, 0.4) is 0 Å². The van der Waals surface area contributed by atoms with E-state index < -0.39 is 0 Å². The number of para-hydroxylation sites is 1. The van der Waals surface area contributed by atoms with Gasteiger partial charge < -0.3 is 5.32 Å². The van der Waals surface area contributed by atoms with Crippen molar-refractivity contribution in [3.05, 3.63) is 65.5 Å². The van der Waals surface area contributed by atoms with Gasteiger partial charge in [0.05, 0.1) is 23.8 Å². The lowest BCUT2D eigenvalue weighted by atomic mass is 9.96. The summed E-state index contributed by atoms with van der Waals surface area (Å²) in [6.45, 7) is 6.17. The molecule has 0 aliphatic heterocycles. The highest BCUT2D eigenvalue weighted by Gasteiger charge is 2.27. The summed E-state index contributed by atoms with van der Waals surface area (Å²) in [7, 11) is 0. The standard InChI is InChI=1S/C21H23N5O/c1-21(2,3)20-22-12-14(13-23-20)24-19(27)18-16-10-7-11-17(16)26(25-18)15-8-5-4-6-9-15/h4-6,8-9,12-13H,7,10-11H2,1-3H3,(H,24,27). The van der Waals surface area contributed by atoms with Gasteiger partial charge in [0.2, 0.25) is 0 Å². The van der Waals surface area contributed by atoms with Gasteiger partial charge in [-0.2, -0.15) is 5.10 Å². The molecule has 0 unspecified atom stereocenters. The Balaban J connectivity index is 1.61. The fraction of sp³-hybridized carbons (Fsp3) is 0.333. The molecule has 0 fully saturated rings. The Bertz CT molecular complexity index is 968. The maximum atomic E-state index is 12.9. The van der Waals surface area contributed by atoms with Crippen LogP contribution in [0.25, 0.3) is 5.69 Å². The number of rotatable bonds is 3. The van der Waals surface area contributed by atoms with E-state index in [4.69, 9.17) is 0 Å². The highest BCUT2D eigenvalue weighted by Crippen LogP contribution is 2.28. The van der Waals surface area contributed by atoms with Crippen molar-refractivity contribution in [3.8, 4) is 5.69 Å². The third kappa shape index (κ3) is 3.35. The summed E-state index contributed by atoms with van der Waals surface area (Å²) in [6, 6.07) is 9.94. The normalized spacial score (nSPS) is 13.4. The number of carbonyl (C=O) groups excluding carboxylic acids is 1. The zero-order valence-electron chi connectivity index (χ0n) is 15.9. The Morgan fingerprint density at radius 3 is 2.44 bits per heavy atom. The van der Waals surface area contributed by atoms with Crippen LogP contribution in [0.1, 0.15) is 54.8 Å². The summed E-state index contributed by atoms with van der Waals surface area (Å²) in [5, 5.41) is 7.51. The van der Waals surface area contributed by atoms with E-state index in [1.165, 1.54) is 0 Å². The molecule has 3 aromatic rings. The molecule has 1 aliphatic carbocycles. The van der Waals surface area contributed by atoms with Gasteiger partial charge in [0, 0.05) is 16.7 Å². The molecule has 1 N–H and O–H groups in total. The highest BCUT2D eigenvalue weighted by molar-refractivity contribution is 6.04. The van der Waals surface area contributed by atoms with Crippen LogP contribution >= 0.6 is 0 Å². The van der Waals surface area contributed by atoms with E-state index >= 15 is 0 Å². The Morgan fingerprint density at radius 2 is 1.78 bits per heavy atom. The molecule has 0 radical (unpaired) electrons. The lowest BCUT2D eigenvalue weighted by Gasteiger charge is -2.16. The van der Waals surface area contributed by atoms with E-state index in [0.29, 0.717) is 11.4 Å². The fourth-order valence-corrected chi connectivity index (χ4v) is 3.37. The van der Waals surface area contributed by atoms with Gasteiger partial charge in [-0.1, -0.05) is 39.0 Å². The van der Waals surface area contributed by atoms with E-state index in [-0.39, 0.29) is 11.3 Å². The second kappa shape index (κ2) is 6.61. The van der Waals surface area contributed by atoms with Gasteiger partial charge in [-0.15, -0.1) is 0 Å². The monoisotopic (exact) mass is 361 g/mol. The minimum Gasteiger partial charge on any atom is -0.318 e. The number of anilines is 1. The van der Waals surface area contributed by atoms with Crippen LogP contribution < -0.4 is 5.32 Å². The van der Waals surface area contributed by atoms with Gasteiger partial charge in [-0.05, 0) is 31.4 Å². The molecule has 6 nitrogen and oxygen atoms in total. The number of benzene rings is 1. The zero-order valence-corrected chi connectivity index (χ0v) is 15.9. The second-order valence-corrected chi connectivity index (χ2v) is 7.87. The largest absolute Gasteiger partial charge is 0.318 e. The highest BCUT2D eigenvalue weighted by atomic mass is 16.2. The van der Waals surface area contributed by atoms with Crippen molar-refractivity contribution in [1.82, 2.24) is 19.7 Å². The van der Waals surface area contributed by atoms with Gasteiger partial charge in [0.25, 0.3) is 5.91 Å². The lowest BCUT2D eigenvalue weighted by molar-refractivity contribution is 0.102. The number of fused-ring (bicyclic) bond motifs is 1. The van der Waals surface area contributed by atoms with Crippen molar-refractivity contribution >= 4 is 11.6 Å². The Hall–Kier alpha value is -3.02. The molecule has 0 bridgehead atoms. The molecule has 2 heterocycles. The van der Waals surface area contributed by atoms with Crippen molar-refractivity contribution in [2.24, 2.45) is 0 Å². The molecule has 1 aromatic carbocycles. The maximum Gasteiger partial charge on any atom is 0.276 e. The molecule has 0 spiro atoms. The number of carbonyl (C=O) groups is 1. The molecule has 0 saturated heterocycles. The van der Waals surface area contributed by atoms with Gasteiger partial charge >= 0.3 is 0 Å². The quantitative estimate of drug-likeness (QED) is 0.772. The maximum absolute atomic E-state index is 12.9. The van der Waals surface area contributed by atoms with Gasteiger partial charge in [0.15, 0.2) is 5.69 Å². The predicted octanol–water partition coefficient (Wildman–Crippen LogP) is 3.70. The molecule has 0 atom stereocenters. The van der Waals surface area contributed by atoms with Crippen molar-refractivity contribution in [2.75, 3.05) is 5.32 Å². The predicted molar refractivity (Wildman–Crippen MR) is 104 cm³/mol. The first-order valence-electron chi connectivity index (χ1n) is 9.23. The van der Waals surface area contributed by atoms with Crippen molar-refractivity contribution in [1.29, 1.82) is 0 Å². The molecule has 27 heavy (non-hydrogen) atoms. The molecule has 138 valence electrons. The van der Waals surface area contributed by atoms with Crippen LogP contribution in [0.15, 0.2) is 42.7 Å². The van der Waals surface area contributed by atoms with Crippen molar-refractivity contribution in [3.63, 3.8) is 0 Å². The Kier molecular flexibility index (Phi) is 4.26. The number of hydrogen-bond acceptors (Lipinski definition) is 4. The molecule has 2 aromatic heterocycles. The van der Waals surface area contributed by atoms with E-state index in [2.05, 4.69) is 41.2 Å². The number of hydrogen-bond donors (Lipinski definition) is 1. The summed E-state index contributed by atoms with van der Waals surface area (Å²) in [5.74, 6) is 0.532. The van der Waals surface area contributed by atoms with E-state index in [1.54, 1.807) is 12.4 Å². The SMILES string of the molecule is CC(C)(C)c1ncc(NC(=O)c2nn(-c3ccccc3)c3c2CCC3)cn1. The second-order valence-electron chi connectivity index (χ2n) is 7.87. The average molecular weight is 361 g/mol. The molecule has 0 saturated carbocycles. The first kappa shape index (κ1) is 17.4. The lowest BCUT2D eigenvalue weighted by Crippen LogP contribution is -2.18. The Morgan fingerprint density at radius 1 is 1.07 bits per heavy atom. The van der Waals surface area contributed by atoms with Crippen LogP contribution in [-0.4, -0.2) is 25.7 Å². The van der Waals surface area contributed by atoms with Gasteiger partial charge in [-0.3, -0.25) is 4.79 Å². The first-order valence-corrected chi connectivity index (χ1v) is 9.23. The summed E-state index contributed by atoms with van der Waals surface area (Å²) in [6.07, 6.45) is 6.17. The van der Waals surface area contributed by atoms with E-state index in [0.717, 1.165) is 42.0 Å². The number of nitrogens with one attached hydrogen (secondary N) is 1. The van der Waals surface area contributed by atoms with Gasteiger partial charge in [-0.25, -0.2) is 14.6 Å². The molecular formula is C21H23N5O. The van der Waals surface area contributed by atoms with Crippen LogP contribution in [0.4, 0.5) is 5.69 Å². The van der Waals surface area contributed by atoms with Crippen molar-refractivity contribution < 1.29 is 4.79 Å². The molecular weight excluding hydrogens is 338 g/mol. The van der Waals surface area contributed by atoms with Crippen LogP contribution in [0, 0.1) is 0 Å². The summed E-state index contributed by atoms with van der Waals surface area (Å²) >= 11 is 0. The minimum absolute atomic E-state index is 0.127. The van der Waals surface area contributed by atoms with Crippen LogP contribution in [0.2, 0.25) is 0 Å². The van der Waals surface area contributed by atoms with Gasteiger partial charge in [0.1, 0.15) is 5.82 Å². The molecule has 1 amide bonds. The zero-order chi connectivity index (χ0) is 19.0. The molecule has 1 aliphatic rings. The third-order valence-corrected chi connectivity index (χ3v) is 4.73. The van der Waals surface area contributed by atoms with Crippen LogP contribution in [-0.2, 0) is 18.3 Å². The van der Waals surface area contributed by atoms with E-state index in [9.17, 15) is 4.79 Å². The number of amides is 1. The molecule has 4 rings (SSSR count). The van der Waals surface area contributed by atoms with Crippen LogP contribution in [0.5, 0.6) is 0 Å². The minimum atomic E-state index is -0.213. The van der Waals surface area contributed by atoms with Crippen molar-refractivity contribution in [2.45, 2.75) is 45.4 Å². The third-order valence-electron chi connectivity index (χ3n) is 4.73. The summed E-state index contributed by atoms with van der Waals surface area (Å²) in [4.78, 5) is 21.6.